The molecule has 0 amide bonds. The normalized spacial score (nSPS) is 14.2. The molecule has 0 saturated heterocycles. The van der Waals surface area contributed by atoms with Gasteiger partial charge in [0.15, 0.2) is 0 Å². The van der Waals surface area contributed by atoms with Gasteiger partial charge in [-0.1, -0.05) is 13.3 Å². The van der Waals surface area contributed by atoms with Crippen molar-refractivity contribution in [3.63, 3.8) is 0 Å². The highest BCUT2D eigenvalue weighted by atomic mass is 19.1. The van der Waals surface area contributed by atoms with Gasteiger partial charge in [-0.2, -0.15) is 0 Å². The molecule has 0 heterocycles. The molecular weight excluding hydrogens is 211 g/mol. The Labute approximate surface area is 93.9 Å². The van der Waals surface area contributed by atoms with Crippen LogP contribution in [0.5, 0.6) is 5.75 Å². The molecule has 1 aromatic carbocycles. The molecule has 3 nitrogen and oxygen atoms in total. The second kappa shape index (κ2) is 4.96. The van der Waals surface area contributed by atoms with Crippen LogP contribution < -0.4 is 4.74 Å². The van der Waals surface area contributed by atoms with Gasteiger partial charge in [-0.25, -0.2) is 9.18 Å². The van der Waals surface area contributed by atoms with Gasteiger partial charge in [0.05, 0.1) is 0 Å². The summed E-state index contributed by atoms with van der Waals surface area (Å²) >= 11 is 0. The van der Waals surface area contributed by atoms with Crippen LogP contribution in [0.4, 0.5) is 4.39 Å². The summed E-state index contributed by atoms with van der Waals surface area (Å²) in [7, 11) is 0. The summed E-state index contributed by atoms with van der Waals surface area (Å²) in [5, 5.41) is 9.08. The molecule has 0 aromatic heterocycles. The van der Waals surface area contributed by atoms with Gasteiger partial charge in [0.2, 0.25) is 5.60 Å². The number of ether oxygens (including phenoxy) is 1. The summed E-state index contributed by atoms with van der Waals surface area (Å²) in [5.74, 6) is -1.03. The average molecular weight is 226 g/mol. The lowest BCUT2D eigenvalue weighted by molar-refractivity contribution is -0.154. The maximum atomic E-state index is 12.7. The number of carboxylic acid groups (broad SMARTS) is 1. The second-order valence-corrected chi connectivity index (χ2v) is 3.84. The van der Waals surface area contributed by atoms with Crippen molar-refractivity contribution in [2.24, 2.45) is 0 Å². The van der Waals surface area contributed by atoms with Gasteiger partial charge in [0.25, 0.3) is 0 Å². The van der Waals surface area contributed by atoms with Crippen LogP contribution >= 0.6 is 0 Å². The lowest BCUT2D eigenvalue weighted by atomic mass is 10.0. The van der Waals surface area contributed by atoms with Gasteiger partial charge in [0, 0.05) is 0 Å². The van der Waals surface area contributed by atoms with E-state index in [1.807, 2.05) is 6.92 Å². The summed E-state index contributed by atoms with van der Waals surface area (Å²) in [4.78, 5) is 11.1. The minimum atomic E-state index is -1.26. The summed E-state index contributed by atoms with van der Waals surface area (Å²) in [6.45, 7) is 3.40. The molecule has 0 aliphatic rings. The molecule has 0 aliphatic carbocycles. The number of carbonyl (C=O) groups is 1. The van der Waals surface area contributed by atoms with Crippen LogP contribution in [0.2, 0.25) is 0 Å². The van der Waals surface area contributed by atoms with Crippen molar-refractivity contribution < 1.29 is 19.0 Å². The van der Waals surface area contributed by atoms with E-state index in [1.165, 1.54) is 31.2 Å². The fraction of sp³-hybridized carbons (Fsp3) is 0.417. The first-order valence-electron chi connectivity index (χ1n) is 5.16. The zero-order valence-electron chi connectivity index (χ0n) is 9.37. The van der Waals surface area contributed by atoms with Gasteiger partial charge < -0.3 is 9.84 Å². The van der Waals surface area contributed by atoms with E-state index in [-0.39, 0.29) is 5.82 Å². The monoisotopic (exact) mass is 226 g/mol. The standard InChI is InChI=1S/C12H15FO3/c1-3-8-12(2,11(14)15)16-10-6-4-9(13)5-7-10/h4-7H,3,8H2,1-2H3,(H,14,15). The summed E-state index contributed by atoms with van der Waals surface area (Å²) < 4.78 is 18.0. The summed E-state index contributed by atoms with van der Waals surface area (Å²) in [5.41, 5.74) is -1.26. The average Bonchev–Trinajstić information content (AvgIpc) is 2.22. The first kappa shape index (κ1) is 12.5. The zero-order chi connectivity index (χ0) is 12.2. The number of benzene rings is 1. The third-order valence-corrected chi connectivity index (χ3v) is 2.34. The molecule has 16 heavy (non-hydrogen) atoms. The second-order valence-electron chi connectivity index (χ2n) is 3.84. The predicted molar refractivity (Wildman–Crippen MR) is 58.0 cm³/mol. The summed E-state index contributed by atoms with van der Waals surface area (Å²) in [6, 6.07) is 5.32. The Bertz CT molecular complexity index is 361. The molecule has 1 atom stereocenters. The number of hydrogen-bond donors (Lipinski definition) is 1. The quantitative estimate of drug-likeness (QED) is 0.839. The van der Waals surface area contributed by atoms with E-state index in [2.05, 4.69) is 0 Å². The van der Waals surface area contributed by atoms with E-state index in [9.17, 15) is 9.18 Å². The first-order valence-corrected chi connectivity index (χ1v) is 5.16. The first-order chi connectivity index (χ1) is 7.48. The van der Waals surface area contributed by atoms with Crippen LogP contribution in [0.3, 0.4) is 0 Å². The van der Waals surface area contributed by atoms with Crippen molar-refractivity contribution in [1.82, 2.24) is 0 Å². The van der Waals surface area contributed by atoms with Gasteiger partial charge in [-0.15, -0.1) is 0 Å². The Balaban J connectivity index is 2.83. The zero-order valence-corrected chi connectivity index (χ0v) is 9.37. The fourth-order valence-electron chi connectivity index (χ4n) is 1.44. The minimum Gasteiger partial charge on any atom is -0.478 e. The number of carboxylic acids is 1. The molecular formula is C12H15FO3. The van der Waals surface area contributed by atoms with E-state index < -0.39 is 11.6 Å². The van der Waals surface area contributed by atoms with E-state index in [0.717, 1.165) is 0 Å². The van der Waals surface area contributed by atoms with Crippen LogP contribution in [0.25, 0.3) is 0 Å². The van der Waals surface area contributed by atoms with Crippen LogP contribution in [0, 0.1) is 5.82 Å². The van der Waals surface area contributed by atoms with Crippen molar-refractivity contribution in [3.05, 3.63) is 30.1 Å². The number of hydrogen-bond acceptors (Lipinski definition) is 2. The highest BCUT2D eigenvalue weighted by Crippen LogP contribution is 2.23. The van der Waals surface area contributed by atoms with Gasteiger partial charge in [0.1, 0.15) is 11.6 Å². The lowest BCUT2D eigenvalue weighted by Crippen LogP contribution is -2.41. The van der Waals surface area contributed by atoms with Gasteiger partial charge in [-0.05, 0) is 37.6 Å². The highest BCUT2D eigenvalue weighted by molar-refractivity contribution is 5.77. The smallest absolute Gasteiger partial charge is 0.347 e. The third kappa shape index (κ3) is 2.95. The molecule has 0 bridgehead atoms. The van der Waals surface area contributed by atoms with Crippen molar-refractivity contribution in [1.29, 1.82) is 0 Å². The molecule has 0 spiro atoms. The van der Waals surface area contributed by atoms with Crippen molar-refractivity contribution in [2.75, 3.05) is 0 Å². The molecule has 0 fully saturated rings. The molecule has 0 aliphatic heterocycles. The Hall–Kier alpha value is -1.58. The number of halogens is 1. The van der Waals surface area contributed by atoms with Crippen LogP contribution in [-0.4, -0.2) is 16.7 Å². The molecule has 1 N–H and O–H groups in total. The Morgan fingerprint density at radius 2 is 2.00 bits per heavy atom. The van der Waals surface area contributed by atoms with E-state index in [1.54, 1.807) is 0 Å². The van der Waals surface area contributed by atoms with E-state index in [0.29, 0.717) is 18.6 Å². The molecule has 88 valence electrons. The van der Waals surface area contributed by atoms with Crippen molar-refractivity contribution in [3.8, 4) is 5.75 Å². The topological polar surface area (TPSA) is 46.5 Å². The molecule has 0 radical (unpaired) electrons. The van der Waals surface area contributed by atoms with Crippen LogP contribution in [-0.2, 0) is 4.79 Å². The molecule has 0 saturated carbocycles. The predicted octanol–water partition coefficient (Wildman–Crippen LogP) is 2.85. The van der Waals surface area contributed by atoms with Crippen LogP contribution in [0.15, 0.2) is 24.3 Å². The molecule has 4 heteroatoms. The molecule has 1 aromatic rings. The van der Waals surface area contributed by atoms with E-state index in [4.69, 9.17) is 9.84 Å². The fourth-order valence-corrected chi connectivity index (χ4v) is 1.44. The minimum absolute atomic E-state index is 0.361. The van der Waals surface area contributed by atoms with Crippen LogP contribution in [0.1, 0.15) is 26.7 Å². The number of rotatable bonds is 5. The highest BCUT2D eigenvalue weighted by Gasteiger charge is 2.34. The van der Waals surface area contributed by atoms with Gasteiger partial charge in [-0.3, -0.25) is 0 Å². The van der Waals surface area contributed by atoms with Gasteiger partial charge >= 0.3 is 5.97 Å². The molecule has 1 unspecified atom stereocenters. The Kier molecular flexibility index (Phi) is 3.88. The molecule has 1 rings (SSSR count). The van der Waals surface area contributed by atoms with Crippen molar-refractivity contribution >= 4 is 5.97 Å². The van der Waals surface area contributed by atoms with Crippen molar-refractivity contribution in [2.45, 2.75) is 32.3 Å². The Morgan fingerprint density at radius 1 is 1.44 bits per heavy atom. The number of aliphatic carboxylic acids is 1. The Morgan fingerprint density at radius 3 is 2.44 bits per heavy atom. The third-order valence-electron chi connectivity index (χ3n) is 2.34. The van der Waals surface area contributed by atoms with E-state index >= 15 is 0 Å². The summed E-state index contributed by atoms with van der Waals surface area (Å²) in [6.07, 6.45) is 1.10. The largest absolute Gasteiger partial charge is 0.478 e. The maximum Gasteiger partial charge on any atom is 0.347 e. The maximum absolute atomic E-state index is 12.7. The SMILES string of the molecule is CCCC(C)(Oc1ccc(F)cc1)C(=O)O. The lowest BCUT2D eigenvalue weighted by Gasteiger charge is -2.25.